The zero-order valence-electron chi connectivity index (χ0n) is 15.5. The molecule has 0 bridgehead atoms. The Morgan fingerprint density at radius 2 is 1.88 bits per heavy atom. The Morgan fingerprint density at radius 1 is 1.21 bits per heavy atom. The second-order valence-corrected chi connectivity index (χ2v) is 7.19. The molecule has 0 atom stereocenters. The van der Waals surface area contributed by atoms with E-state index >= 15 is 0 Å². The molecule has 1 nitrogen and oxygen atoms in total. The maximum Gasteiger partial charge on any atom is 0.0629 e. The predicted molar refractivity (Wildman–Crippen MR) is 107 cm³/mol. The largest absolute Gasteiger partial charge is 0.256 e. The third kappa shape index (κ3) is 5.33. The molecule has 0 aliphatic heterocycles. The summed E-state index contributed by atoms with van der Waals surface area (Å²) in [4.78, 5) is 4.69. The molecule has 1 aromatic rings. The third-order valence-electron chi connectivity index (χ3n) is 4.81. The van der Waals surface area contributed by atoms with Gasteiger partial charge in [0.2, 0.25) is 0 Å². The first-order valence-corrected chi connectivity index (χ1v) is 9.23. The number of hydrogen-bond acceptors (Lipinski definition) is 1. The van der Waals surface area contributed by atoms with Gasteiger partial charge in [-0.25, -0.2) is 0 Å². The van der Waals surface area contributed by atoms with E-state index in [9.17, 15) is 0 Å². The van der Waals surface area contributed by atoms with Crippen molar-refractivity contribution in [3.63, 3.8) is 0 Å². The van der Waals surface area contributed by atoms with Crippen LogP contribution in [0.3, 0.4) is 0 Å². The lowest BCUT2D eigenvalue weighted by atomic mass is 9.86. The van der Waals surface area contributed by atoms with Gasteiger partial charge in [-0.15, -0.1) is 0 Å². The summed E-state index contributed by atoms with van der Waals surface area (Å²) in [5, 5.41) is 0. The van der Waals surface area contributed by atoms with E-state index in [-0.39, 0.29) is 0 Å². The number of para-hydroxylation sites is 1. The predicted octanol–water partition coefficient (Wildman–Crippen LogP) is 7.05. The van der Waals surface area contributed by atoms with Crippen LogP contribution in [0.15, 0.2) is 70.8 Å². The Labute approximate surface area is 147 Å². The Morgan fingerprint density at radius 3 is 2.46 bits per heavy atom. The van der Waals surface area contributed by atoms with Crippen LogP contribution in [0.2, 0.25) is 0 Å². The highest BCUT2D eigenvalue weighted by Gasteiger charge is 2.20. The van der Waals surface area contributed by atoms with Crippen molar-refractivity contribution in [2.45, 2.75) is 52.9 Å². The van der Waals surface area contributed by atoms with Crippen LogP contribution in [0.1, 0.15) is 52.9 Å². The highest BCUT2D eigenvalue weighted by Crippen LogP contribution is 2.36. The summed E-state index contributed by atoms with van der Waals surface area (Å²) in [5.74, 6) is 1.38. The molecule has 1 heteroatoms. The number of rotatable bonds is 7. The van der Waals surface area contributed by atoms with Crippen molar-refractivity contribution in [1.82, 2.24) is 0 Å². The van der Waals surface area contributed by atoms with Crippen molar-refractivity contribution >= 4 is 11.9 Å². The van der Waals surface area contributed by atoms with Gasteiger partial charge in [-0.3, -0.25) is 4.99 Å². The van der Waals surface area contributed by atoms with E-state index in [2.05, 4.69) is 38.4 Å². The number of hydrogen-bond donors (Lipinski definition) is 0. The Balaban J connectivity index is 2.35. The average molecular weight is 322 g/mol. The summed E-state index contributed by atoms with van der Waals surface area (Å²) in [6.07, 6.45) is 12.5. The summed E-state index contributed by atoms with van der Waals surface area (Å²) in [6.45, 7) is 10.8. The molecule has 1 aliphatic carbocycles. The second kappa shape index (κ2) is 9.42. The quantitative estimate of drug-likeness (QED) is 0.377. The van der Waals surface area contributed by atoms with Gasteiger partial charge in [0.15, 0.2) is 0 Å². The average Bonchev–Trinajstić information content (AvgIpc) is 3.11. The Hall–Kier alpha value is -1.89. The summed E-state index contributed by atoms with van der Waals surface area (Å²) in [5.41, 5.74) is 5.24. The monoisotopic (exact) mass is 321 g/mol. The molecule has 0 N–H and O–H groups in total. The van der Waals surface area contributed by atoms with Gasteiger partial charge in [-0.2, -0.15) is 0 Å². The molecule has 0 radical (unpaired) electrons. The van der Waals surface area contributed by atoms with Crippen molar-refractivity contribution in [3.05, 3.63) is 65.8 Å². The van der Waals surface area contributed by atoms with Crippen molar-refractivity contribution in [2.75, 3.05) is 0 Å². The minimum atomic E-state index is 0.634. The fraction of sp³-hybridized carbons (Fsp3) is 0.435. The number of aliphatic imine (C=N–C) groups is 1. The lowest BCUT2D eigenvalue weighted by Crippen LogP contribution is -2.06. The van der Waals surface area contributed by atoms with Crippen LogP contribution in [0.5, 0.6) is 0 Å². The summed E-state index contributed by atoms with van der Waals surface area (Å²) < 4.78 is 0. The number of benzene rings is 1. The molecule has 2 rings (SSSR count). The van der Waals surface area contributed by atoms with Crippen LogP contribution in [0.25, 0.3) is 0 Å². The van der Waals surface area contributed by atoms with E-state index in [1.807, 2.05) is 42.6 Å². The van der Waals surface area contributed by atoms with E-state index in [0.717, 1.165) is 18.0 Å². The van der Waals surface area contributed by atoms with Crippen LogP contribution < -0.4 is 0 Å². The fourth-order valence-electron chi connectivity index (χ4n) is 3.53. The number of nitrogens with zero attached hydrogens (tertiary/aromatic N) is 1. The fourth-order valence-corrected chi connectivity index (χ4v) is 3.53. The van der Waals surface area contributed by atoms with Gasteiger partial charge in [-0.1, -0.05) is 69.2 Å². The smallest absolute Gasteiger partial charge is 0.0629 e. The van der Waals surface area contributed by atoms with Gasteiger partial charge < -0.3 is 0 Å². The second-order valence-electron chi connectivity index (χ2n) is 7.19. The van der Waals surface area contributed by atoms with Gasteiger partial charge >= 0.3 is 0 Å². The number of allylic oxidation sites excluding steroid dienone is 5. The molecular weight excluding hydrogens is 290 g/mol. The van der Waals surface area contributed by atoms with Crippen molar-refractivity contribution in [2.24, 2.45) is 16.8 Å². The molecule has 0 spiro atoms. The van der Waals surface area contributed by atoms with Crippen LogP contribution in [-0.2, 0) is 0 Å². The molecule has 24 heavy (non-hydrogen) atoms. The minimum absolute atomic E-state index is 0.634. The summed E-state index contributed by atoms with van der Waals surface area (Å²) >= 11 is 0. The molecule has 1 fully saturated rings. The maximum absolute atomic E-state index is 4.69. The van der Waals surface area contributed by atoms with E-state index in [1.54, 1.807) is 5.57 Å². The van der Waals surface area contributed by atoms with Crippen molar-refractivity contribution < 1.29 is 0 Å². The van der Waals surface area contributed by atoms with Gasteiger partial charge in [0.25, 0.3) is 0 Å². The zero-order chi connectivity index (χ0) is 17.4. The first-order chi connectivity index (χ1) is 11.6. The zero-order valence-corrected chi connectivity index (χ0v) is 15.5. The molecule has 1 saturated carbocycles. The van der Waals surface area contributed by atoms with Crippen molar-refractivity contribution in [1.29, 1.82) is 0 Å². The first-order valence-electron chi connectivity index (χ1n) is 9.23. The van der Waals surface area contributed by atoms with Crippen LogP contribution >= 0.6 is 0 Å². The molecule has 0 aromatic heterocycles. The van der Waals surface area contributed by atoms with Crippen LogP contribution in [0, 0.1) is 11.8 Å². The molecule has 0 saturated heterocycles. The Bertz CT molecular complexity index is 611. The van der Waals surface area contributed by atoms with Crippen LogP contribution in [0.4, 0.5) is 5.69 Å². The Kier molecular flexibility index (Phi) is 7.24. The normalized spacial score (nSPS) is 17.6. The van der Waals surface area contributed by atoms with E-state index in [1.165, 1.54) is 36.8 Å². The maximum atomic E-state index is 4.69. The van der Waals surface area contributed by atoms with Crippen LogP contribution in [-0.4, -0.2) is 6.21 Å². The van der Waals surface area contributed by atoms with Gasteiger partial charge in [-0.05, 0) is 61.3 Å². The van der Waals surface area contributed by atoms with Gasteiger partial charge in [0.1, 0.15) is 0 Å². The molecule has 128 valence electrons. The first kappa shape index (κ1) is 18.4. The molecule has 1 aliphatic rings. The third-order valence-corrected chi connectivity index (χ3v) is 4.81. The van der Waals surface area contributed by atoms with E-state index < -0.39 is 0 Å². The lowest BCUT2D eigenvalue weighted by Gasteiger charge is -2.20. The van der Waals surface area contributed by atoms with Crippen molar-refractivity contribution in [3.8, 4) is 0 Å². The lowest BCUT2D eigenvalue weighted by molar-refractivity contribution is 0.602. The molecular formula is C23H31N. The highest BCUT2D eigenvalue weighted by molar-refractivity contribution is 5.87. The SMILES string of the molecule is C=C/C=C(C=Nc1ccccc1)\C(CC(C)C)=C(/C)C1CCCC1. The molecule has 0 amide bonds. The van der Waals surface area contributed by atoms with E-state index in [0.29, 0.717) is 5.92 Å². The molecule has 0 unspecified atom stereocenters. The highest BCUT2D eigenvalue weighted by atomic mass is 14.7. The standard InChI is InChI=1S/C23H31N/c1-5-11-21(17-24-22-14-7-6-8-15-22)23(16-18(2)3)19(4)20-12-9-10-13-20/h5-8,11,14-15,17-18,20H,1,9-10,12-13,16H2,2-4H3/b21-11-,23-19+,24-17?. The van der Waals surface area contributed by atoms with Gasteiger partial charge in [0, 0.05) is 6.21 Å². The topological polar surface area (TPSA) is 12.4 Å². The van der Waals surface area contributed by atoms with E-state index in [4.69, 9.17) is 0 Å². The summed E-state index contributed by atoms with van der Waals surface area (Å²) in [6, 6.07) is 10.2. The summed E-state index contributed by atoms with van der Waals surface area (Å²) in [7, 11) is 0. The molecule has 0 heterocycles. The molecule has 1 aromatic carbocycles. The van der Waals surface area contributed by atoms with Gasteiger partial charge in [0.05, 0.1) is 5.69 Å². The minimum Gasteiger partial charge on any atom is -0.256 e.